The highest BCUT2D eigenvalue weighted by Gasteiger charge is 2.47. The SMILES string of the molecule is FC(F)(F)c1cc([B-](c2cc(C(F)(F)F)cc(C(F)(F)F)c2)(c2cc(C(F)(F)F)cc(C(F)(F)F)c2)c2cc(C(F)(F)F)cc(C(F)(F)F)c2)cc(C(F)(F)F)c1.O=C(C[n+]1ccncc1CCl)c1ccccc1. The number of benzene rings is 5. The summed E-state index contributed by atoms with van der Waals surface area (Å²) in [6.07, 6.45) is -49.7. The summed E-state index contributed by atoms with van der Waals surface area (Å²) in [5.74, 6) is 0.406. The Morgan fingerprint density at radius 2 is 0.676 bits per heavy atom. The van der Waals surface area contributed by atoms with Gasteiger partial charge in [0, 0.05) is 5.56 Å². The van der Waals surface area contributed by atoms with Crippen LogP contribution < -0.4 is 26.4 Å². The number of Topliss-reactive ketones (excluding diaryl/α,β-unsaturated/α-hetero) is 1. The van der Waals surface area contributed by atoms with Gasteiger partial charge in [0.15, 0.2) is 6.20 Å². The Balaban J connectivity index is 0.000000500. The van der Waals surface area contributed by atoms with Crippen LogP contribution in [0.2, 0.25) is 0 Å². The van der Waals surface area contributed by atoms with Gasteiger partial charge in [0.05, 0.1) is 56.9 Å². The van der Waals surface area contributed by atoms with Crippen molar-refractivity contribution in [2.75, 3.05) is 0 Å². The molecule has 0 atom stereocenters. The van der Waals surface area contributed by atoms with E-state index in [4.69, 9.17) is 11.6 Å². The molecule has 0 aliphatic rings. The summed E-state index contributed by atoms with van der Waals surface area (Å²) in [7, 11) is 0. The van der Waals surface area contributed by atoms with Gasteiger partial charge in [0.2, 0.25) is 18.0 Å². The average molecular weight is 1110 g/mol. The highest BCUT2D eigenvalue weighted by molar-refractivity contribution is 7.20. The molecule has 0 bridgehead atoms. The summed E-state index contributed by atoms with van der Waals surface area (Å²) in [6, 6.07) is 0.407. The van der Waals surface area contributed by atoms with Gasteiger partial charge in [0.1, 0.15) is 12.0 Å². The lowest BCUT2D eigenvalue weighted by Crippen LogP contribution is -2.75. The molecular weight excluding hydrogens is 1090 g/mol. The third-order valence-electron chi connectivity index (χ3n) is 10.9. The largest absolute Gasteiger partial charge is 0.416 e. The van der Waals surface area contributed by atoms with E-state index in [9.17, 15) is 110 Å². The molecule has 0 spiro atoms. The van der Waals surface area contributed by atoms with E-state index in [2.05, 4.69) is 4.98 Å². The fourth-order valence-electron chi connectivity index (χ4n) is 7.62. The molecule has 0 unspecified atom stereocenters. The summed E-state index contributed by atoms with van der Waals surface area (Å²) in [5.41, 5.74) is -28.7. The monoisotopic (exact) mass is 1110 g/mol. The van der Waals surface area contributed by atoms with E-state index in [0.717, 1.165) is 5.69 Å². The Labute approximate surface area is 403 Å². The molecular formula is C45H24BClF24N2O. The zero-order valence-corrected chi connectivity index (χ0v) is 36.5. The van der Waals surface area contributed by atoms with Crippen molar-refractivity contribution in [3.05, 3.63) is 177 Å². The van der Waals surface area contributed by atoms with Crippen LogP contribution in [0.5, 0.6) is 0 Å². The zero-order chi connectivity index (χ0) is 56.0. The summed E-state index contributed by atoms with van der Waals surface area (Å²) in [4.78, 5) is 16.0. The quantitative estimate of drug-likeness (QED) is 0.0500. The number of carbonyl (C=O) groups excluding carboxylic acids is 1. The highest BCUT2D eigenvalue weighted by atomic mass is 35.5. The summed E-state index contributed by atoms with van der Waals surface area (Å²) >= 11 is 5.79. The van der Waals surface area contributed by atoms with Crippen LogP contribution in [0, 0.1) is 0 Å². The van der Waals surface area contributed by atoms with Crippen molar-refractivity contribution >= 4 is 45.4 Å². The zero-order valence-electron chi connectivity index (χ0n) is 35.8. The molecule has 0 aliphatic heterocycles. The van der Waals surface area contributed by atoms with Crippen LogP contribution in [0.3, 0.4) is 0 Å². The molecule has 6 rings (SSSR count). The fourth-order valence-corrected chi connectivity index (χ4v) is 7.85. The molecule has 0 amide bonds. The minimum atomic E-state index is -6.13. The Morgan fingerprint density at radius 1 is 0.419 bits per heavy atom. The number of halogens is 25. The number of ketones is 1. The molecule has 0 radical (unpaired) electrons. The smallest absolute Gasteiger partial charge is 0.287 e. The minimum Gasteiger partial charge on any atom is -0.287 e. The maximum absolute atomic E-state index is 14.2. The minimum absolute atomic E-state index is 0.0631. The van der Waals surface area contributed by atoms with E-state index < -0.39 is 195 Å². The molecule has 0 N–H and O–H groups in total. The molecule has 5 aromatic carbocycles. The first-order valence-corrected chi connectivity index (χ1v) is 20.4. The maximum atomic E-state index is 14.2. The van der Waals surface area contributed by atoms with E-state index in [-0.39, 0.29) is 12.3 Å². The predicted octanol–water partition coefficient (Wildman–Crippen LogP) is 13.2. The Hall–Kier alpha value is -6.48. The number of carbonyl (C=O) groups is 1. The second-order valence-electron chi connectivity index (χ2n) is 15.8. The third kappa shape index (κ3) is 13.4. The number of nitrogens with zero attached hydrogens (tertiary/aromatic N) is 2. The van der Waals surface area contributed by atoms with E-state index in [1.54, 1.807) is 18.6 Å². The van der Waals surface area contributed by atoms with E-state index in [1.807, 2.05) is 34.9 Å². The van der Waals surface area contributed by atoms with Crippen LogP contribution in [0.25, 0.3) is 0 Å². The van der Waals surface area contributed by atoms with Crippen LogP contribution in [-0.4, -0.2) is 16.9 Å². The van der Waals surface area contributed by atoms with Crippen LogP contribution in [0.15, 0.2) is 122 Å². The Morgan fingerprint density at radius 3 is 0.905 bits per heavy atom. The van der Waals surface area contributed by atoms with Crippen molar-refractivity contribution in [2.24, 2.45) is 0 Å². The normalized spacial score (nSPS) is 13.4. The molecule has 0 saturated heterocycles. The molecule has 0 fully saturated rings. The molecule has 398 valence electrons. The molecule has 6 aromatic rings. The molecule has 29 heteroatoms. The number of hydrogen-bond donors (Lipinski definition) is 0. The van der Waals surface area contributed by atoms with Crippen LogP contribution >= 0.6 is 11.6 Å². The lowest BCUT2D eigenvalue weighted by atomic mass is 9.12. The number of aromatic nitrogens is 2. The van der Waals surface area contributed by atoms with E-state index in [1.165, 1.54) is 0 Å². The van der Waals surface area contributed by atoms with Crippen LogP contribution in [0.4, 0.5) is 105 Å². The van der Waals surface area contributed by atoms with Gasteiger partial charge in [-0.2, -0.15) is 132 Å². The summed E-state index contributed by atoms with van der Waals surface area (Å²) in [5, 5.41) is 0. The van der Waals surface area contributed by atoms with E-state index >= 15 is 0 Å². The van der Waals surface area contributed by atoms with Gasteiger partial charge in [-0.3, -0.25) is 9.78 Å². The van der Waals surface area contributed by atoms with Gasteiger partial charge < -0.3 is 0 Å². The molecule has 74 heavy (non-hydrogen) atoms. The molecule has 0 aliphatic carbocycles. The summed E-state index contributed by atoms with van der Waals surface area (Å²) in [6.45, 7) is 0.286. The van der Waals surface area contributed by atoms with Gasteiger partial charge in [-0.15, -0.1) is 11.6 Å². The lowest BCUT2D eigenvalue weighted by molar-refractivity contribution is -0.690. The summed E-state index contributed by atoms with van der Waals surface area (Å²) < 4.78 is 343. The molecule has 0 saturated carbocycles. The Bertz CT molecular complexity index is 2550. The van der Waals surface area contributed by atoms with E-state index in [0.29, 0.717) is 11.4 Å². The number of hydrogen-bond acceptors (Lipinski definition) is 2. The molecule has 1 heterocycles. The average Bonchev–Trinajstić information content (AvgIpc) is 3.27. The van der Waals surface area contributed by atoms with Crippen molar-refractivity contribution in [2.45, 2.75) is 61.8 Å². The first-order valence-electron chi connectivity index (χ1n) is 19.9. The Kier molecular flexibility index (Phi) is 16.0. The predicted molar refractivity (Wildman–Crippen MR) is 215 cm³/mol. The second kappa shape index (κ2) is 20.3. The number of alkyl halides is 25. The lowest BCUT2D eigenvalue weighted by Gasteiger charge is -2.46. The van der Waals surface area contributed by atoms with Gasteiger partial charge in [0.25, 0.3) is 0 Å². The van der Waals surface area contributed by atoms with Crippen molar-refractivity contribution in [3.8, 4) is 0 Å². The first-order chi connectivity index (χ1) is 33.6. The van der Waals surface area contributed by atoms with Crippen LogP contribution in [0.1, 0.15) is 60.6 Å². The molecule has 3 nitrogen and oxygen atoms in total. The fraction of sp³-hybridized carbons (Fsp3) is 0.222. The van der Waals surface area contributed by atoms with Crippen molar-refractivity contribution in [1.29, 1.82) is 0 Å². The maximum Gasteiger partial charge on any atom is 0.416 e. The highest BCUT2D eigenvalue weighted by Crippen LogP contribution is 2.41. The third-order valence-corrected chi connectivity index (χ3v) is 11.2. The van der Waals surface area contributed by atoms with Gasteiger partial charge >= 0.3 is 49.4 Å². The number of rotatable bonds is 8. The molecule has 1 aromatic heterocycles. The van der Waals surface area contributed by atoms with Gasteiger partial charge in [-0.1, -0.05) is 78.9 Å². The van der Waals surface area contributed by atoms with Crippen LogP contribution in [-0.2, 0) is 61.8 Å². The topological polar surface area (TPSA) is 33.8 Å². The standard InChI is InChI=1S/C32H12BF24.C13H12ClN2O/c34-25(35,36)13-1-14(26(37,38)39)6-21(5-13)33(22-7-15(27(40,41)42)2-16(8-22)28(43,44)45,23-9-17(29(46,47)48)3-18(10-23)30(49,50)51)24-11-19(31(52,53)54)4-20(12-24)32(55,56)57;14-8-12-9-15-6-7-16(12)10-13(17)11-4-2-1-3-5-11/h1-12H;1-7,9H,8,10H2/q-1;+1. The van der Waals surface area contributed by atoms with Crippen molar-refractivity contribution in [1.82, 2.24) is 4.98 Å². The first kappa shape index (κ1) is 58.4. The van der Waals surface area contributed by atoms with Gasteiger partial charge in [-0.25, -0.2) is 0 Å². The van der Waals surface area contributed by atoms with Crippen molar-refractivity contribution < 1.29 is 115 Å². The van der Waals surface area contributed by atoms with Crippen molar-refractivity contribution in [3.63, 3.8) is 0 Å². The van der Waals surface area contributed by atoms with Gasteiger partial charge in [-0.05, 0) is 24.3 Å². The second-order valence-corrected chi connectivity index (χ2v) is 16.1.